The van der Waals surface area contributed by atoms with Gasteiger partial charge < -0.3 is 15.0 Å². The van der Waals surface area contributed by atoms with Gasteiger partial charge in [-0.15, -0.1) is 0 Å². The van der Waals surface area contributed by atoms with Gasteiger partial charge in [0.2, 0.25) is 0 Å². The van der Waals surface area contributed by atoms with Gasteiger partial charge in [-0.05, 0) is 44.2 Å². The highest BCUT2D eigenvalue weighted by atomic mass is 16.5. The number of para-hydroxylation sites is 1. The monoisotopic (exact) mass is 419 g/mol. The first-order valence-corrected chi connectivity index (χ1v) is 9.66. The van der Waals surface area contributed by atoms with E-state index in [0.29, 0.717) is 22.5 Å². The van der Waals surface area contributed by atoms with E-state index in [4.69, 9.17) is 4.74 Å². The lowest BCUT2D eigenvalue weighted by Gasteiger charge is -2.13. The highest BCUT2D eigenvalue weighted by Gasteiger charge is 2.23. The number of hydrogen-bond acceptors (Lipinski definition) is 5. The Bertz CT molecular complexity index is 1330. The second kappa shape index (κ2) is 7.94. The van der Waals surface area contributed by atoms with E-state index in [-0.39, 0.29) is 11.2 Å². The molecular formula is C22H21N5O4. The lowest BCUT2D eigenvalue weighted by atomic mass is 10.2. The second-order valence-electron chi connectivity index (χ2n) is 7.11. The van der Waals surface area contributed by atoms with Gasteiger partial charge in [-0.25, -0.2) is 14.5 Å². The van der Waals surface area contributed by atoms with Crippen molar-refractivity contribution in [3.05, 3.63) is 76.5 Å². The smallest absolute Gasteiger partial charge is 0.338 e. The first-order chi connectivity index (χ1) is 14.9. The van der Waals surface area contributed by atoms with Crippen molar-refractivity contribution in [1.29, 1.82) is 0 Å². The maximum absolute atomic E-state index is 12.9. The molecular weight excluding hydrogens is 398 g/mol. The number of nitrogens with one attached hydrogen (secondary N) is 2. The highest BCUT2D eigenvalue weighted by Crippen LogP contribution is 2.16. The summed E-state index contributed by atoms with van der Waals surface area (Å²) in [5.74, 6) is -1.24. The van der Waals surface area contributed by atoms with Crippen LogP contribution >= 0.6 is 0 Å². The summed E-state index contributed by atoms with van der Waals surface area (Å²) < 4.78 is 8.41. The number of aromatic nitrogens is 4. The SMILES string of the molecule is Cc1c(NC(=O)C(C)OC(=O)c2ccc3nc[nH]c3c2)c(=O)n(-c2ccccc2)n1C. The molecule has 1 atom stereocenters. The van der Waals surface area contributed by atoms with Crippen molar-refractivity contribution in [2.75, 3.05) is 5.32 Å². The molecule has 9 heteroatoms. The number of benzene rings is 2. The van der Waals surface area contributed by atoms with Crippen molar-refractivity contribution < 1.29 is 14.3 Å². The number of nitrogens with zero attached hydrogens (tertiary/aromatic N) is 3. The van der Waals surface area contributed by atoms with Crippen molar-refractivity contribution >= 4 is 28.6 Å². The second-order valence-corrected chi connectivity index (χ2v) is 7.11. The Labute approximate surface area is 177 Å². The van der Waals surface area contributed by atoms with E-state index < -0.39 is 18.0 Å². The Morgan fingerprint density at radius 3 is 2.65 bits per heavy atom. The zero-order valence-electron chi connectivity index (χ0n) is 17.2. The van der Waals surface area contributed by atoms with Crippen molar-refractivity contribution in [3.63, 3.8) is 0 Å². The van der Waals surface area contributed by atoms with Crippen LogP contribution in [0.3, 0.4) is 0 Å². The van der Waals surface area contributed by atoms with Crippen LogP contribution in [0.1, 0.15) is 23.0 Å². The first kappa shape index (κ1) is 20.1. The molecule has 2 heterocycles. The number of anilines is 1. The zero-order chi connectivity index (χ0) is 22.1. The van der Waals surface area contributed by atoms with Crippen LogP contribution in [-0.2, 0) is 16.6 Å². The Balaban J connectivity index is 1.51. The minimum absolute atomic E-state index is 0.137. The maximum atomic E-state index is 12.9. The summed E-state index contributed by atoms with van der Waals surface area (Å²) in [6.07, 6.45) is 0.425. The third-order valence-electron chi connectivity index (χ3n) is 5.11. The van der Waals surface area contributed by atoms with Gasteiger partial charge in [0, 0.05) is 7.05 Å². The van der Waals surface area contributed by atoms with Gasteiger partial charge in [-0.3, -0.25) is 14.3 Å². The van der Waals surface area contributed by atoms with Crippen LogP contribution in [0.15, 0.2) is 59.7 Å². The molecule has 0 radical (unpaired) electrons. The Hall–Kier alpha value is -4.14. The number of carbonyl (C=O) groups excluding carboxylic acids is 2. The predicted molar refractivity (Wildman–Crippen MR) is 115 cm³/mol. The van der Waals surface area contributed by atoms with E-state index in [1.807, 2.05) is 18.2 Å². The van der Waals surface area contributed by atoms with Gasteiger partial charge in [-0.2, -0.15) is 0 Å². The molecule has 2 N–H and O–H groups in total. The summed E-state index contributed by atoms with van der Waals surface area (Å²) in [7, 11) is 1.73. The quantitative estimate of drug-likeness (QED) is 0.483. The zero-order valence-corrected chi connectivity index (χ0v) is 17.2. The summed E-state index contributed by atoms with van der Waals surface area (Å²) >= 11 is 0. The van der Waals surface area contributed by atoms with Crippen molar-refractivity contribution in [2.45, 2.75) is 20.0 Å². The van der Waals surface area contributed by atoms with Gasteiger partial charge in [-0.1, -0.05) is 18.2 Å². The van der Waals surface area contributed by atoms with Crippen LogP contribution < -0.4 is 10.9 Å². The van der Waals surface area contributed by atoms with Gasteiger partial charge >= 0.3 is 5.97 Å². The van der Waals surface area contributed by atoms with Crippen LogP contribution in [0, 0.1) is 6.92 Å². The van der Waals surface area contributed by atoms with Crippen molar-refractivity contribution in [3.8, 4) is 5.69 Å². The molecule has 1 unspecified atom stereocenters. The molecule has 0 aliphatic heterocycles. The van der Waals surface area contributed by atoms with Gasteiger partial charge in [0.15, 0.2) is 6.10 Å². The Morgan fingerprint density at radius 2 is 1.90 bits per heavy atom. The molecule has 1 amide bonds. The third-order valence-corrected chi connectivity index (χ3v) is 5.11. The summed E-state index contributed by atoms with van der Waals surface area (Å²) in [4.78, 5) is 45.0. The number of rotatable bonds is 5. The fourth-order valence-electron chi connectivity index (χ4n) is 3.28. The molecule has 0 spiro atoms. The topological polar surface area (TPSA) is 111 Å². The summed E-state index contributed by atoms with van der Waals surface area (Å²) in [5.41, 5.74) is 2.71. The average Bonchev–Trinajstić information content (AvgIpc) is 3.32. The van der Waals surface area contributed by atoms with Crippen LogP contribution in [0.5, 0.6) is 0 Å². The Morgan fingerprint density at radius 1 is 1.16 bits per heavy atom. The molecule has 0 saturated heterocycles. The number of imidazole rings is 1. The highest BCUT2D eigenvalue weighted by molar-refractivity contribution is 5.98. The van der Waals surface area contributed by atoms with Gasteiger partial charge in [0.25, 0.3) is 11.5 Å². The molecule has 0 aliphatic carbocycles. The fourth-order valence-corrected chi connectivity index (χ4v) is 3.28. The number of ether oxygens (including phenoxy) is 1. The van der Waals surface area contributed by atoms with Gasteiger partial charge in [0.1, 0.15) is 5.69 Å². The van der Waals surface area contributed by atoms with Gasteiger partial charge in [0.05, 0.1) is 34.3 Å². The number of esters is 1. The van der Waals surface area contributed by atoms with E-state index in [0.717, 1.165) is 5.52 Å². The summed E-state index contributed by atoms with van der Waals surface area (Å²) in [6.45, 7) is 3.18. The van der Waals surface area contributed by atoms with Crippen LogP contribution in [0.4, 0.5) is 5.69 Å². The molecule has 0 aliphatic rings. The third kappa shape index (κ3) is 3.73. The molecule has 0 saturated carbocycles. The lowest BCUT2D eigenvalue weighted by Crippen LogP contribution is -2.32. The molecule has 4 rings (SSSR count). The molecule has 2 aromatic carbocycles. The molecule has 4 aromatic rings. The lowest BCUT2D eigenvalue weighted by molar-refractivity contribution is -0.123. The normalized spacial score (nSPS) is 12.0. The summed E-state index contributed by atoms with van der Waals surface area (Å²) in [5, 5.41) is 2.61. The standard InChI is InChI=1S/C22H21N5O4/c1-13-19(21(29)27(26(13)3)16-7-5-4-6-8-16)25-20(28)14(2)31-22(30)15-9-10-17-18(11-15)24-12-23-17/h4-12,14H,1-3H3,(H,23,24)(H,25,28). The summed E-state index contributed by atoms with van der Waals surface area (Å²) in [6, 6.07) is 14.0. The average molecular weight is 419 g/mol. The number of aromatic amines is 1. The minimum Gasteiger partial charge on any atom is -0.449 e. The minimum atomic E-state index is -1.10. The van der Waals surface area contributed by atoms with Crippen LogP contribution in [-0.4, -0.2) is 37.3 Å². The number of hydrogen-bond donors (Lipinski definition) is 2. The number of fused-ring (bicyclic) bond motifs is 1. The Kier molecular flexibility index (Phi) is 5.16. The van der Waals surface area contributed by atoms with E-state index in [2.05, 4.69) is 15.3 Å². The molecule has 0 fully saturated rings. The van der Waals surface area contributed by atoms with E-state index >= 15 is 0 Å². The molecule has 158 valence electrons. The predicted octanol–water partition coefficient (Wildman–Crippen LogP) is 2.54. The van der Waals surface area contributed by atoms with E-state index in [1.165, 1.54) is 17.9 Å². The van der Waals surface area contributed by atoms with E-state index in [1.54, 1.807) is 49.0 Å². The molecule has 31 heavy (non-hydrogen) atoms. The number of H-pyrrole nitrogens is 1. The van der Waals surface area contributed by atoms with Crippen LogP contribution in [0.2, 0.25) is 0 Å². The van der Waals surface area contributed by atoms with E-state index in [9.17, 15) is 14.4 Å². The largest absolute Gasteiger partial charge is 0.449 e. The maximum Gasteiger partial charge on any atom is 0.338 e. The molecule has 9 nitrogen and oxygen atoms in total. The number of carbonyl (C=O) groups is 2. The van der Waals surface area contributed by atoms with Crippen LogP contribution in [0.25, 0.3) is 16.7 Å². The van der Waals surface area contributed by atoms with Crippen molar-refractivity contribution in [2.24, 2.45) is 7.05 Å². The molecule has 2 aromatic heterocycles. The first-order valence-electron chi connectivity index (χ1n) is 9.66. The molecule has 0 bridgehead atoms. The van der Waals surface area contributed by atoms with Crippen molar-refractivity contribution in [1.82, 2.24) is 19.3 Å². The number of amides is 1. The fraction of sp³-hybridized carbons (Fsp3) is 0.182.